The number of anilines is 2. The molecule has 2 N–H and O–H groups in total. The monoisotopic (exact) mass is 268 g/mol. The van der Waals surface area contributed by atoms with Gasteiger partial charge in [0, 0.05) is 18.2 Å². The van der Waals surface area contributed by atoms with Crippen molar-refractivity contribution in [2.75, 3.05) is 10.6 Å². The fourth-order valence-corrected chi connectivity index (χ4v) is 2.24. The van der Waals surface area contributed by atoms with E-state index < -0.39 is 0 Å². The number of nitrogens with one attached hydrogen (secondary N) is 2. The van der Waals surface area contributed by atoms with Crippen molar-refractivity contribution in [3.05, 3.63) is 53.6 Å². The zero-order valence-corrected chi connectivity index (χ0v) is 11.4. The Labute approximate surface area is 117 Å². The smallest absolute Gasteiger partial charge is 0.221 e. The minimum atomic E-state index is -0.182. The molecule has 3 rings (SSSR count). The summed E-state index contributed by atoms with van der Waals surface area (Å²) in [4.78, 5) is 11.0. The Hall–Kier alpha value is -2.49. The number of amides is 1. The van der Waals surface area contributed by atoms with Gasteiger partial charge in [0.25, 0.3) is 0 Å². The van der Waals surface area contributed by atoms with Crippen molar-refractivity contribution in [1.82, 2.24) is 0 Å². The summed E-state index contributed by atoms with van der Waals surface area (Å²) in [5, 5.41) is 6.08. The summed E-state index contributed by atoms with van der Waals surface area (Å²) < 4.78 is 5.90. The summed E-state index contributed by atoms with van der Waals surface area (Å²) in [6.45, 7) is 3.54. The molecule has 20 heavy (non-hydrogen) atoms. The van der Waals surface area contributed by atoms with Crippen LogP contribution in [0.5, 0.6) is 5.75 Å². The number of hydrogen-bond acceptors (Lipinski definition) is 3. The van der Waals surface area contributed by atoms with Crippen LogP contribution >= 0.6 is 0 Å². The maximum absolute atomic E-state index is 11.0. The molecule has 0 spiro atoms. The van der Waals surface area contributed by atoms with Crippen LogP contribution in [-0.2, 0) is 4.79 Å². The maximum atomic E-state index is 11.0. The third-order valence-corrected chi connectivity index (χ3v) is 3.20. The van der Waals surface area contributed by atoms with Crippen molar-refractivity contribution in [3.8, 4) is 5.75 Å². The molecule has 0 fully saturated rings. The maximum Gasteiger partial charge on any atom is 0.221 e. The van der Waals surface area contributed by atoms with Crippen LogP contribution in [0.25, 0.3) is 0 Å². The van der Waals surface area contributed by atoms with Crippen molar-refractivity contribution in [3.63, 3.8) is 0 Å². The number of fused-ring (bicyclic) bond motifs is 1. The third kappa shape index (κ3) is 2.45. The first-order valence-corrected chi connectivity index (χ1v) is 6.53. The van der Waals surface area contributed by atoms with Gasteiger partial charge in [-0.15, -0.1) is 0 Å². The SMILES string of the molecule is CC(=O)Nc1ccc([C@@H]2Nc3ccc(C)cc3O2)cc1. The molecule has 0 aromatic heterocycles. The van der Waals surface area contributed by atoms with Crippen molar-refractivity contribution in [1.29, 1.82) is 0 Å². The fourth-order valence-electron chi connectivity index (χ4n) is 2.24. The van der Waals surface area contributed by atoms with Crippen LogP contribution in [0.1, 0.15) is 24.3 Å². The topological polar surface area (TPSA) is 50.4 Å². The Morgan fingerprint density at radius 3 is 2.65 bits per heavy atom. The van der Waals surface area contributed by atoms with Crippen LogP contribution in [0.15, 0.2) is 42.5 Å². The second-order valence-electron chi connectivity index (χ2n) is 4.95. The summed E-state index contributed by atoms with van der Waals surface area (Å²) in [6.07, 6.45) is -0.182. The number of carbonyl (C=O) groups excluding carboxylic acids is 1. The summed E-state index contributed by atoms with van der Waals surface area (Å²) in [5.41, 5.74) is 3.99. The molecular weight excluding hydrogens is 252 g/mol. The van der Waals surface area contributed by atoms with Crippen LogP contribution in [0, 0.1) is 6.92 Å². The molecule has 0 unspecified atom stereocenters. The van der Waals surface area contributed by atoms with E-state index in [0.29, 0.717) is 0 Å². The zero-order valence-electron chi connectivity index (χ0n) is 11.4. The van der Waals surface area contributed by atoms with E-state index in [9.17, 15) is 4.79 Å². The molecule has 1 aliphatic rings. The summed E-state index contributed by atoms with van der Waals surface area (Å²) in [7, 11) is 0. The van der Waals surface area contributed by atoms with Crippen LogP contribution in [0.3, 0.4) is 0 Å². The molecule has 2 aromatic carbocycles. The summed E-state index contributed by atoms with van der Waals surface area (Å²) in [5.74, 6) is 0.803. The molecule has 1 aliphatic heterocycles. The lowest BCUT2D eigenvalue weighted by molar-refractivity contribution is -0.114. The van der Waals surface area contributed by atoms with E-state index >= 15 is 0 Å². The molecule has 0 radical (unpaired) electrons. The van der Waals surface area contributed by atoms with Gasteiger partial charge in [0.2, 0.25) is 5.91 Å². The van der Waals surface area contributed by atoms with Crippen molar-refractivity contribution < 1.29 is 9.53 Å². The van der Waals surface area contributed by atoms with E-state index in [1.165, 1.54) is 12.5 Å². The van der Waals surface area contributed by atoms with Crippen molar-refractivity contribution >= 4 is 17.3 Å². The normalized spacial score (nSPS) is 16.0. The van der Waals surface area contributed by atoms with Gasteiger partial charge in [0.15, 0.2) is 6.23 Å². The Morgan fingerprint density at radius 2 is 1.95 bits per heavy atom. The van der Waals surface area contributed by atoms with Gasteiger partial charge >= 0.3 is 0 Å². The first-order chi connectivity index (χ1) is 9.61. The first-order valence-electron chi connectivity index (χ1n) is 6.53. The van der Waals surface area contributed by atoms with Gasteiger partial charge in [-0.2, -0.15) is 0 Å². The highest BCUT2D eigenvalue weighted by Gasteiger charge is 2.23. The number of aryl methyl sites for hydroxylation is 1. The number of rotatable bonds is 2. The van der Waals surface area contributed by atoms with Crippen LogP contribution < -0.4 is 15.4 Å². The number of carbonyl (C=O) groups is 1. The van der Waals surface area contributed by atoms with E-state index in [4.69, 9.17) is 4.74 Å². The molecule has 1 heterocycles. The molecule has 1 amide bonds. The molecule has 0 bridgehead atoms. The highest BCUT2D eigenvalue weighted by atomic mass is 16.5. The average molecular weight is 268 g/mol. The summed E-state index contributed by atoms with van der Waals surface area (Å²) >= 11 is 0. The lowest BCUT2D eigenvalue weighted by Gasteiger charge is -2.12. The molecule has 0 saturated carbocycles. The number of ether oxygens (including phenoxy) is 1. The predicted molar refractivity (Wildman–Crippen MR) is 78.9 cm³/mol. The summed E-state index contributed by atoms with van der Waals surface area (Å²) in [6, 6.07) is 13.7. The highest BCUT2D eigenvalue weighted by Crippen LogP contribution is 2.38. The molecule has 4 heteroatoms. The first kappa shape index (κ1) is 12.5. The van der Waals surface area contributed by atoms with E-state index in [2.05, 4.69) is 16.7 Å². The van der Waals surface area contributed by atoms with Crippen molar-refractivity contribution in [2.45, 2.75) is 20.1 Å². The average Bonchev–Trinajstić information content (AvgIpc) is 2.81. The van der Waals surface area contributed by atoms with E-state index in [1.807, 2.05) is 43.3 Å². The number of hydrogen-bond donors (Lipinski definition) is 2. The Kier molecular flexibility index (Phi) is 3.06. The van der Waals surface area contributed by atoms with Crippen LogP contribution in [-0.4, -0.2) is 5.91 Å². The highest BCUT2D eigenvalue weighted by molar-refractivity contribution is 5.88. The molecule has 102 valence electrons. The van der Waals surface area contributed by atoms with Gasteiger partial charge in [-0.05, 0) is 36.8 Å². The van der Waals surface area contributed by atoms with Crippen LogP contribution in [0.2, 0.25) is 0 Å². The van der Waals surface area contributed by atoms with E-state index in [1.54, 1.807) is 0 Å². The van der Waals surface area contributed by atoms with Gasteiger partial charge in [0.05, 0.1) is 5.69 Å². The lowest BCUT2D eigenvalue weighted by Crippen LogP contribution is -2.10. The molecule has 1 atom stereocenters. The minimum Gasteiger partial charge on any atom is -0.464 e. The van der Waals surface area contributed by atoms with E-state index in [0.717, 1.165) is 22.7 Å². The lowest BCUT2D eigenvalue weighted by atomic mass is 10.2. The Balaban J connectivity index is 1.77. The van der Waals surface area contributed by atoms with Gasteiger partial charge in [-0.1, -0.05) is 18.2 Å². The number of benzene rings is 2. The van der Waals surface area contributed by atoms with Gasteiger partial charge in [-0.3, -0.25) is 4.79 Å². The quantitative estimate of drug-likeness (QED) is 0.877. The Morgan fingerprint density at radius 1 is 1.20 bits per heavy atom. The Bertz CT molecular complexity index is 650. The molecule has 4 nitrogen and oxygen atoms in total. The molecule has 2 aromatic rings. The fraction of sp³-hybridized carbons (Fsp3) is 0.188. The third-order valence-electron chi connectivity index (χ3n) is 3.20. The van der Waals surface area contributed by atoms with Gasteiger partial charge in [0.1, 0.15) is 5.75 Å². The second kappa shape index (κ2) is 4.89. The predicted octanol–water partition coefficient (Wildman–Crippen LogP) is 3.46. The van der Waals surface area contributed by atoms with Crippen LogP contribution in [0.4, 0.5) is 11.4 Å². The second-order valence-corrected chi connectivity index (χ2v) is 4.95. The largest absolute Gasteiger partial charge is 0.464 e. The zero-order chi connectivity index (χ0) is 14.1. The van der Waals surface area contributed by atoms with E-state index in [-0.39, 0.29) is 12.1 Å². The standard InChI is InChI=1S/C16H16N2O2/c1-10-3-8-14-15(9-10)20-16(18-14)12-4-6-13(7-5-12)17-11(2)19/h3-9,16,18H,1-2H3,(H,17,19)/t16-/m1/s1. The van der Waals surface area contributed by atoms with Gasteiger partial charge < -0.3 is 15.4 Å². The van der Waals surface area contributed by atoms with Gasteiger partial charge in [-0.25, -0.2) is 0 Å². The molecule has 0 aliphatic carbocycles. The molecule has 0 saturated heterocycles. The minimum absolute atomic E-state index is 0.0733. The van der Waals surface area contributed by atoms with Crippen molar-refractivity contribution in [2.24, 2.45) is 0 Å². The molecular formula is C16H16N2O2.